The van der Waals surface area contributed by atoms with Gasteiger partial charge in [0.2, 0.25) is 0 Å². The Bertz CT molecular complexity index is 1470. The van der Waals surface area contributed by atoms with Crippen molar-refractivity contribution in [2.75, 3.05) is 39.3 Å². The number of carbonyl (C=O) groups is 2. The summed E-state index contributed by atoms with van der Waals surface area (Å²) in [5.74, 6) is 0.854. The number of rotatable bonds is 8. The van der Waals surface area contributed by atoms with Crippen LogP contribution in [-0.2, 0) is 4.79 Å². The molecule has 0 spiro atoms. The lowest BCUT2D eigenvalue weighted by molar-refractivity contribution is -0.140. The Hall–Kier alpha value is -4.49. The molecule has 3 heterocycles. The zero-order valence-electron chi connectivity index (χ0n) is 25.3. The number of ether oxygens (including phenoxy) is 1. The molecule has 3 aromatic carbocycles. The van der Waals surface area contributed by atoms with Gasteiger partial charge in [-0.1, -0.05) is 85.8 Å². The number of hydrogen-bond acceptors (Lipinski definition) is 5. The number of piperidine rings is 1. The van der Waals surface area contributed by atoms with E-state index in [4.69, 9.17) is 9.72 Å². The second-order valence-electron chi connectivity index (χ2n) is 11.6. The average Bonchev–Trinajstić information content (AvgIpc) is 3.11. The van der Waals surface area contributed by atoms with Crippen molar-refractivity contribution >= 4 is 11.8 Å². The molecule has 7 heteroatoms. The molecule has 2 fully saturated rings. The van der Waals surface area contributed by atoms with Crippen LogP contribution in [0.5, 0.6) is 5.75 Å². The molecule has 2 aliphatic rings. The molecule has 1 atom stereocenters. The summed E-state index contributed by atoms with van der Waals surface area (Å²) in [4.78, 5) is 38.4. The highest BCUT2D eigenvalue weighted by Gasteiger charge is 2.33. The van der Waals surface area contributed by atoms with Gasteiger partial charge in [0.25, 0.3) is 11.8 Å². The third-order valence-electron chi connectivity index (χ3n) is 8.77. The number of aromatic nitrogens is 1. The number of para-hydroxylation sites is 1. The van der Waals surface area contributed by atoms with Crippen molar-refractivity contribution in [3.8, 4) is 28.3 Å². The molecule has 0 N–H and O–H groups in total. The van der Waals surface area contributed by atoms with E-state index in [0.29, 0.717) is 31.1 Å². The maximum Gasteiger partial charge on any atom is 0.263 e. The fraction of sp³-hybridized carbons (Fsp3) is 0.324. The standard InChI is InChI=1S/C37H40N4O3/c1-2-35(44-32-16-10-5-11-17-32)37(43)40-20-18-31(19-21-40)39-22-24-41(25-23-39)36(42)30-26-33(28-12-6-3-7-13-28)38-34(27-30)29-14-8-4-9-15-29/h3-17,26-27,31,35H,2,18-25H2,1H3. The minimum Gasteiger partial charge on any atom is -0.481 e. The van der Waals surface area contributed by atoms with Crippen molar-refractivity contribution in [3.05, 3.63) is 109 Å². The molecular formula is C37H40N4O3. The van der Waals surface area contributed by atoms with Crippen molar-refractivity contribution in [3.63, 3.8) is 0 Å². The van der Waals surface area contributed by atoms with Crippen LogP contribution >= 0.6 is 0 Å². The quantitative estimate of drug-likeness (QED) is 0.252. The summed E-state index contributed by atoms with van der Waals surface area (Å²) < 4.78 is 6.01. The van der Waals surface area contributed by atoms with Gasteiger partial charge in [0, 0.05) is 62.0 Å². The monoisotopic (exact) mass is 588 g/mol. The third kappa shape index (κ3) is 6.84. The first-order chi connectivity index (χ1) is 21.6. The van der Waals surface area contributed by atoms with E-state index in [1.54, 1.807) is 0 Å². The van der Waals surface area contributed by atoms with E-state index in [-0.39, 0.29) is 11.8 Å². The van der Waals surface area contributed by atoms with Gasteiger partial charge in [-0.05, 0) is 43.5 Å². The van der Waals surface area contributed by atoms with E-state index in [1.165, 1.54) is 0 Å². The van der Waals surface area contributed by atoms with Gasteiger partial charge in [0.1, 0.15) is 5.75 Å². The van der Waals surface area contributed by atoms with Gasteiger partial charge in [0.05, 0.1) is 11.4 Å². The second kappa shape index (κ2) is 13.9. The van der Waals surface area contributed by atoms with E-state index in [9.17, 15) is 9.59 Å². The summed E-state index contributed by atoms with van der Waals surface area (Å²) in [7, 11) is 0. The van der Waals surface area contributed by atoms with E-state index >= 15 is 0 Å². The number of hydrogen-bond donors (Lipinski definition) is 0. The maximum absolute atomic E-state index is 13.8. The number of pyridine rings is 1. The first kappa shape index (κ1) is 29.6. The van der Waals surface area contributed by atoms with Crippen LogP contribution < -0.4 is 4.74 Å². The fourth-order valence-electron chi connectivity index (χ4n) is 6.27. The Morgan fingerprint density at radius 2 is 1.25 bits per heavy atom. The van der Waals surface area contributed by atoms with Gasteiger partial charge in [-0.2, -0.15) is 0 Å². The maximum atomic E-state index is 13.8. The van der Waals surface area contributed by atoms with E-state index in [2.05, 4.69) is 4.90 Å². The zero-order chi connectivity index (χ0) is 30.3. The summed E-state index contributed by atoms with van der Waals surface area (Å²) >= 11 is 0. The van der Waals surface area contributed by atoms with Gasteiger partial charge in [-0.15, -0.1) is 0 Å². The highest BCUT2D eigenvalue weighted by atomic mass is 16.5. The summed E-state index contributed by atoms with van der Waals surface area (Å²) in [5, 5.41) is 0. The highest BCUT2D eigenvalue weighted by molar-refractivity contribution is 5.96. The lowest BCUT2D eigenvalue weighted by Crippen LogP contribution is -2.55. The Morgan fingerprint density at radius 3 is 1.77 bits per heavy atom. The van der Waals surface area contributed by atoms with Crippen LogP contribution in [0.3, 0.4) is 0 Å². The Labute approximate surface area is 260 Å². The van der Waals surface area contributed by atoms with Crippen LogP contribution in [0, 0.1) is 0 Å². The largest absolute Gasteiger partial charge is 0.481 e. The predicted molar refractivity (Wildman–Crippen MR) is 173 cm³/mol. The average molecular weight is 589 g/mol. The smallest absolute Gasteiger partial charge is 0.263 e. The SMILES string of the molecule is CCC(Oc1ccccc1)C(=O)N1CCC(N2CCN(C(=O)c3cc(-c4ccccc4)nc(-c4ccccc4)c3)CC2)CC1. The third-order valence-corrected chi connectivity index (χ3v) is 8.77. The van der Waals surface area contributed by atoms with Crippen LogP contribution in [0.4, 0.5) is 0 Å². The van der Waals surface area contributed by atoms with Crippen molar-refractivity contribution in [2.24, 2.45) is 0 Å². The van der Waals surface area contributed by atoms with Crippen molar-refractivity contribution in [1.82, 2.24) is 19.7 Å². The lowest BCUT2D eigenvalue weighted by atomic mass is 10.0. The molecule has 2 aliphatic heterocycles. The number of carbonyl (C=O) groups excluding carboxylic acids is 2. The number of benzene rings is 3. The Kier molecular flexibility index (Phi) is 9.32. The van der Waals surface area contributed by atoms with E-state index < -0.39 is 6.10 Å². The molecule has 4 aromatic rings. The van der Waals surface area contributed by atoms with Crippen LogP contribution in [0.1, 0.15) is 36.5 Å². The summed E-state index contributed by atoms with van der Waals surface area (Å²) in [6.45, 7) is 6.50. The predicted octanol–water partition coefficient (Wildman–Crippen LogP) is 6.02. The molecule has 2 amide bonds. The Morgan fingerprint density at radius 1 is 0.727 bits per heavy atom. The molecule has 226 valence electrons. The first-order valence-corrected chi connectivity index (χ1v) is 15.8. The highest BCUT2D eigenvalue weighted by Crippen LogP contribution is 2.27. The molecule has 6 rings (SSSR count). The van der Waals surface area contributed by atoms with Crippen LogP contribution in [0.25, 0.3) is 22.5 Å². The van der Waals surface area contributed by atoms with Gasteiger partial charge in [0.15, 0.2) is 6.10 Å². The van der Waals surface area contributed by atoms with Crippen molar-refractivity contribution < 1.29 is 14.3 Å². The molecule has 0 radical (unpaired) electrons. The van der Waals surface area contributed by atoms with Gasteiger partial charge in [-0.3, -0.25) is 14.5 Å². The first-order valence-electron chi connectivity index (χ1n) is 15.8. The molecule has 0 aliphatic carbocycles. The number of amides is 2. The van der Waals surface area contributed by atoms with E-state index in [1.807, 2.05) is 120 Å². The van der Waals surface area contributed by atoms with Gasteiger partial charge >= 0.3 is 0 Å². The van der Waals surface area contributed by atoms with Crippen LogP contribution in [0.15, 0.2) is 103 Å². The summed E-state index contributed by atoms with van der Waals surface area (Å²) in [6.07, 6.45) is 2.06. The molecule has 0 bridgehead atoms. The second-order valence-corrected chi connectivity index (χ2v) is 11.6. The number of nitrogens with zero attached hydrogens (tertiary/aromatic N) is 4. The minimum absolute atomic E-state index is 0.0471. The fourth-order valence-corrected chi connectivity index (χ4v) is 6.27. The lowest BCUT2D eigenvalue weighted by Gasteiger charge is -2.43. The normalized spacial score (nSPS) is 16.8. The molecule has 1 aromatic heterocycles. The van der Waals surface area contributed by atoms with Gasteiger partial charge < -0.3 is 14.5 Å². The zero-order valence-corrected chi connectivity index (χ0v) is 25.3. The Balaban J connectivity index is 1.06. The molecule has 2 saturated heterocycles. The number of piperazine rings is 1. The molecule has 1 unspecified atom stereocenters. The van der Waals surface area contributed by atoms with Gasteiger partial charge in [-0.25, -0.2) is 4.98 Å². The molecule has 44 heavy (non-hydrogen) atoms. The summed E-state index contributed by atoms with van der Waals surface area (Å²) in [6, 6.07) is 33.9. The molecular weight excluding hydrogens is 548 g/mol. The van der Waals surface area contributed by atoms with E-state index in [0.717, 1.165) is 67.3 Å². The molecule has 7 nitrogen and oxygen atoms in total. The van der Waals surface area contributed by atoms with Crippen molar-refractivity contribution in [1.29, 1.82) is 0 Å². The summed E-state index contributed by atoms with van der Waals surface area (Å²) in [5.41, 5.74) is 4.25. The minimum atomic E-state index is -0.457. The number of likely N-dealkylation sites (tertiary alicyclic amines) is 1. The molecule has 0 saturated carbocycles. The van der Waals surface area contributed by atoms with Crippen LogP contribution in [0.2, 0.25) is 0 Å². The van der Waals surface area contributed by atoms with Crippen molar-refractivity contribution in [2.45, 2.75) is 38.3 Å². The van der Waals surface area contributed by atoms with Crippen LogP contribution in [-0.4, -0.2) is 82.9 Å². The topological polar surface area (TPSA) is 66.0 Å².